The van der Waals surface area contributed by atoms with E-state index in [2.05, 4.69) is 60.3 Å². The Bertz CT molecular complexity index is 448. The van der Waals surface area contributed by atoms with Crippen molar-refractivity contribution >= 4 is 29.1 Å². The molecular weight excluding hydrogens is 286 g/mol. The van der Waals surface area contributed by atoms with Gasteiger partial charge in [0.1, 0.15) is 0 Å². The van der Waals surface area contributed by atoms with Gasteiger partial charge in [0.15, 0.2) is 5.96 Å². The lowest BCUT2D eigenvalue weighted by atomic mass is 10.1. The second-order valence-electron chi connectivity index (χ2n) is 5.46. The Balaban J connectivity index is 1.88. The molecule has 0 aromatic carbocycles. The van der Waals surface area contributed by atoms with E-state index in [-0.39, 0.29) is 0 Å². The average Bonchev–Trinajstić information content (AvgIpc) is 3.03. The highest BCUT2D eigenvalue weighted by atomic mass is 32.2. The van der Waals surface area contributed by atoms with Crippen molar-refractivity contribution in [3.8, 4) is 0 Å². The Labute approximate surface area is 130 Å². The molecule has 0 amide bonds. The summed E-state index contributed by atoms with van der Waals surface area (Å²) in [6, 6.07) is 4.33. The maximum atomic E-state index is 4.68. The standard InChI is InChI=1S/C15H25N3S2/c1-4-16-14(17-10-13-7-6-12(2)20-13)18-11-15(3)8-5-9-19-15/h6-7H,4-5,8-11H2,1-3H3,(H2,16,17,18). The molecule has 0 spiro atoms. The smallest absolute Gasteiger partial charge is 0.191 e. The number of nitrogens with zero attached hydrogens (tertiary/aromatic N) is 1. The summed E-state index contributed by atoms with van der Waals surface area (Å²) in [5.74, 6) is 2.23. The van der Waals surface area contributed by atoms with Gasteiger partial charge in [-0.3, -0.25) is 0 Å². The summed E-state index contributed by atoms with van der Waals surface area (Å²) in [5.41, 5.74) is 0. The largest absolute Gasteiger partial charge is 0.357 e. The molecule has 3 nitrogen and oxygen atoms in total. The van der Waals surface area contributed by atoms with Gasteiger partial charge in [0.05, 0.1) is 6.54 Å². The third kappa shape index (κ3) is 4.70. The minimum Gasteiger partial charge on any atom is -0.357 e. The van der Waals surface area contributed by atoms with E-state index in [0.717, 1.165) is 25.6 Å². The van der Waals surface area contributed by atoms with Crippen LogP contribution >= 0.6 is 23.1 Å². The summed E-state index contributed by atoms with van der Waals surface area (Å²) in [5, 5.41) is 6.84. The molecule has 0 aliphatic carbocycles. The predicted molar refractivity (Wildman–Crippen MR) is 92.0 cm³/mol. The van der Waals surface area contributed by atoms with Gasteiger partial charge >= 0.3 is 0 Å². The molecule has 1 unspecified atom stereocenters. The monoisotopic (exact) mass is 311 g/mol. The van der Waals surface area contributed by atoms with Crippen LogP contribution in [0.3, 0.4) is 0 Å². The van der Waals surface area contributed by atoms with Crippen LogP contribution in [0.1, 0.15) is 36.4 Å². The van der Waals surface area contributed by atoms with Crippen LogP contribution in [0.2, 0.25) is 0 Å². The Morgan fingerprint density at radius 2 is 2.25 bits per heavy atom. The lowest BCUT2D eigenvalue weighted by Gasteiger charge is -2.24. The van der Waals surface area contributed by atoms with E-state index in [1.54, 1.807) is 0 Å². The van der Waals surface area contributed by atoms with Crippen molar-refractivity contribution in [2.45, 2.75) is 44.9 Å². The Hall–Kier alpha value is -0.680. The van der Waals surface area contributed by atoms with Gasteiger partial charge in [0.25, 0.3) is 0 Å². The first kappa shape index (κ1) is 15.7. The van der Waals surface area contributed by atoms with Crippen LogP contribution in [0.25, 0.3) is 0 Å². The third-order valence-corrected chi connectivity index (χ3v) is 5.99. The van der Waals surface area contributed by atoms with Crippen LogP contribution in [0.15, 0.2) is 17.1 Å². The normalized spacial score (nSPS) is 23.1. The number of rotatable bonds is 5. The summed E-state index contributed by atoms with van der Waals surface area (Å²) >= 11 is 3.90. The molecule has 112 valence electrons. The molecule has 2 N–H and O–H groups in total. The van der Waals surface area contributed by atoms with Crippen molar-refractivity contribution < 1.29 is 0 Å². The number of hydrogen-bond donors (Lipinski definition) is 2. The fraction of sp³-hybridized carbons (Fsp3) is 0.667. The molecule has 1 aromatic heterocycles. The van der Waals surface area contributed by atoms with Crippen molar-refractivity contribution in [1.82, 2.24) is 10.6 Å². The van der Waals surface area contributed by atoms with E-state index >= 15 is 0 Å². The van der Waals surface area contributed by atoms with Crippen molar-refractivity contribution in [3.63, 3.8) is 0 Å². The van der Waals surface area contributed by atoms with Gasteiger partial charge in [-0.25, -0.2) is 4.99 Å². The van der Waals surface area contributed by atoms with Crippen LogP contribution in [0.4, 0.5) is 0 Å². The van der Waals surface area contributed by atoms with E-state index in [1.165, 1.54) is 28.3 Å². The molecule has 0 saturated carbocycles. The maximum absolute atomic E-state index is 4.68. The van der Waals surface area contributed by atoms with Crippen LogP contribution in [0.5, 0.6) is 0 Å². The number of aliphatic imine (C=N–C) groups is 1. The number of guanidine groups is 1. The fourth-order valence-corrected chi connectivity index (χ4v) is 4.38. The zero-order chi connectivity index (χ0) is 14.4. The van der Waals surface area contributed by atoms with Crippen LogP contribution in [-0.4, -0.2) is 29.5 Å². The van der Waals surface area contributed by atoms with E-state index in [0.29, 0.717) is 4.75 Å². The molecule has 2 rings (SSSR count). The van der Waals surface area contributed by atoms with Gasteiger partial charge < -0.3 is 10.6 Å². The summed E-state index contributed by atoms with van der Waals surface area (Å²) in [7, 11) is 0. The van der Waals surface area contributed by atoms with E-state index < -0.39 is 0 Å². The first-order valence-electron chi connectivity index (χ1n) is 7.33. The van der Waals surface area contributed by atoms with Crippen LogP contribution in [-0.2, 0) is 6.54 Å². The summed E-state index contributed by atoms with van der Waals surface area (Å²) in [6.45, 7) is 9.26. The first-order valence-corrected chi connectivity index (χ1v) is 9.13. The molecule has 1 atom stereocenters. The zero-order valence-electron chi connectivity index (χ0n) is 12.7. The molecular formula is C15H25N3S2. The molecule has 1 aromatic rings. The van der Waals surface area contributed by atoms with Crippen LogP contribution < -0.4 is 10.6 Å². The Kier molecular flexibility index (Phi) is 5.78. The molecule has 2 heterocycles. The van der Waals surface area contributed by atoms with Gasteiger partial charge in [0.2, 0.25) is 0 Å². The predicted octanol–water partition coefficient (Wildman–Crippen LogP) is 3.40. The van der Waals surface area contributed by atoms with E-state index in [4.69, 9.17) is 0 Å². The first-order chi connectivity index (χ1) is 9.61. The highest BCUT2D eigenvalue weighted by molar-refractivity contribution is 8.00. The lowest BCUT2D eigenvalue weighted by Crippen LogP contribution is -2.43. The highest BCUT2D eigenvalue weighted by Crippen LogP contribution is 2.36. The third-order valence-electron chi connectivity index (χ3n) is 3.46. The van der Waals surface area contributed by atoms with Crippen molar-refractivity contribution in [1.29, 1.82) is 0 Å². The lowest BCUT2D eigenvalue weighted by molar-refractivity contribution is 0.585. The van der Waals surface area contributed by atoms with Crippen molar-refractivity contribution in [3.05, 3.63) is 21.9 Å². The summed E-state index contributed by atoms with van der Waals surface area (Å²) < 4.78 is 0.371. The number of thioether (sulfide) groups is 1. The van der Waals surface area contributed by atoms with Gasteiger partial charge in [-0.1, -0.05) is 0 Å². The van der Waals surface area contributed by atoms with Gasteiger partial charge in [-0.2, -0.15) is 11.8 Å². The average molecular weight is 312 g/mol. The van der Waals surface area contributed by atoms with Gasteiger partial charge in [-0.15, -0.1) is 11.3 Å². The summed E-state index contributed by atoms with van der Waals surface area (Å²) in [4.78, 5) is 7.36. The SMILES string of the molecule is CCNC(=NCc1ccc(C)s1)NCC1(C)CCCS1. The fourth-order valence-electron chi connectivity index (χ4n) is 2.32. The second kappa shape index (κ2) is 7.36. The minimum atomic E-state index is 0.371. The molecule has 1 saturated heterocycles. The summed E-state index contributed by atoms with van der Waals surface area (Å²) in [6.07, 6.45) is 2.64. The minimum absolute atomic E-state index is 0.371. The van der Waals surface area contributed by atoms with E-state index in [9.17, 15) is 0 Å². The molecule has 5 heteroatoms. The second-order valence-corrected chi connectivity index (χ2v) is 8.52. The molecule has 0 bridgehead atoms. The number of hydrogen-bond acceptors (Lipinski definition) is 3. The molecule has 1 fully saturated rings. The van der Waals surface area contributed by atoms with Crippen LogP contribution in [0, 0.1) is 6.92 Å². The maximum Gasteiger partial charge on any atom is 0.191 e. The molecule has 20 heavy (non-hydrogen) atoms. The number of thiophene rings is 1. The quantitative estimate of drug-likeness (QED) is 0.646. The Morgan fingerprint density at radius 3 is 2.85 bits per heavy atom. The van der Waals surface area contributed by atoms with Crippen molar-refractivity contribution in [2.75, 3.05) is 18.8 Å². The van der Waals surface area contributed by atoms with Gasteiger partial charge in [0, 0.05) is 27.6 Å². The van der Waals surface area contributed by atoms with Gasteiger partial charge in [-0.05, 0) is 51.5 Å². The molecule has 1 aliphatic rings. The molecule has 0 radical (unpaired) electrons. The number of aryl methyl sites for hydroxylation is 1. The highest BCUT2D eigenvalue weighted by Gasteiger charge is 2.29. The Morgan fingerprint density at radius 1 is 1.40 bits per heavy atom. The van der Waals surface area contributed by atoms with E-state index in [1.807, 2.05) is 11.3 Å². The number of nitrogens with one attached hydrogen (secondary N) is 2. The molecule has 1 aliphatic heterocycles. The zero-order valence-corrected chi connectivity index (χ0v) is 14.3. The topological polar surface area (TPSA) is 36.4 Å². The van der Waals surface area contributed by atoms with Crippen molar-refractivity contribution in [2.24, 2.45) is 4.99 Å².